The Kier molecular flexibility index (Phi) is 7.93. The topological polar surface area (TPSA) is 162 Å². The van der Waals surface area contributed by atoms with Gasteiger partial charge in [0.1, 0.15) is 22.9 Å². The second-order valence-corrected chi connectivity index (χ2v) is 10.2. The van der Waals surface area contributed by atoms with Crippen molar-refractivity contribution in [1.29, 1.82) is 0 Å². The van der Waals surface area contributed by atoms with Gasteiger partial charge in [-0.2, -0.15) is 9.97 Å². The molecule has 0 aliphatic rings. The van der Waals surface area contributed by atoms with Crippen LogP contribution in [-0.2, 0) is 6.54 Å². The predicted octanol–water partition coefficient (Wildman–Crippen LogP) is 4.76. The minimum absolute atomic E-state index is 0.0204. The quantitative estimate of drug-likeness (QED) is 0.178. The Morgan fingerprint density at radius 2 is 1.84 bits per heavy atom. The highest BCUT2D eigenvalue weighted by atomic mass is 16.5. The number of rotatable bonds is 11. The molecule has 1 aromatic carbocycles. The predicted molar refractivity (Wildman–Crippen MR) is 166 cm³/mol. The highest BCUT2D eigenvalue weighted by molar-refractivity contribution is 5.78. The first-order chi connectivity index (χ1) is 21.5. The van der Waals surface area contributed by atoms with Gasteiger partial charge >= 0.3 is 0 Å². The molecule has 6 rings (SSSR count). The molecular weight excluding hydrogens is 560 g/mol. The Morgan fingerprint density at radius 3 is 2.57 bits per heavy atom. The number of pyridine rings is 2. The molecule has 3 N–H and O–H groups in total. The first-order valence-electron chi connectivity index (χ1n) is 14.0. The minimum atomic E-state index is -0.490. The van der Waals surface area contributed by atoms with Gasteiger partial charge in [0, 0.05) is 18.4 Å². The van der Waals surface area contributed by atoms with Gasteiger partial charge in [0.2, 0.25) is 11.8 Å². The Balaban J connectivity index is 1.39. The molecule has 0 spiro atoms. The highest BCUT2D eigenvalue weighted by Crippen LogP contribution is 2.30. The van der Waals surface area contributed by atoms with E-state index >= 15 is 0 Å². The first-order valence-corrected chi connectivity index (χ1v) is 14.0. The van der Waals surface area contributed by atoms with E-state index in [0.717, 1.165) is 5.56 Å². The van der Waals surface area contributed by atoms with E-state index in [1.165, 1.54) is 0 Å². The van der Waals surface area contributed by atoms with Crippen LogP contribution in [0.5, 0.6) is 0 Å². The molecule has 0 saturated heterocycles. The number of nitrogens with zero attached hydrogens (tertiary/aromatic N) is 8. The van der Waals surface area contributed by atoms with E-state index in [4.69, 9.17) is 14.5 Å². The molecule has 0 aliphatic carbocycles. The van der Waals surface area contributed by atoms with Crippen molar-refractivity contribution in [2.75, 3.05) is 17.2 Å². The van der Waals surface area contributed by atoms with Crippen LogP contribution in [0.3, 0.4) is 0 Å². The van der Waals surface area contributed by atoms with Crippen molar-refractivity contribution < 1.29 is 9.63 Å². The van der Waals surface area contributed by atoms with Crippen LogP contribution in [0.1, 0.15) is 31.5 Å². The molecule has 0 fully saturated rings. The summed E-state index contributed by atoms with van der Waals surface area (Å²) in [5, 5.41) is 21.3. The molecule has 0 radical (unpaired) electrons. The molecule has 0 amide bonds. The molecule has 0 saturated carbocycles. The van der Waals surface area contributed by atoms with Gasteiger partial charge in [-0.25, -0.2) is 14.6 Å². The minimum Gasteiger partial charge on any atom is -0.394 e. The second kappa shape index (κ2) is 12.3. The Bertz CT molecular complexity index is 1970. The zero-order valence-corrected chi connectivity index (χ0v) is 24.1. The molecule has 1 atom stereocenters. The smallest absolute Gasteiger partial charge is 0.276 e. The number of hydrogen-bond acceptors (Lipinski definition) is 11. The van der Waals surface area contributed by atoms with Gasteiger partial charge in [-0.3, -0.25) is 14.5 Å². The lowest BCUT2D eigenvalue weighted by Gasteiger charge is -2.19. The van der Waals surface area contributed by atoms with Crippen molar-refractivity contribution in [2.24, 2.45) is 0 Å². The van der Waals surface area contributed by atoms with Crippen molar-refractivity contribution in [2.45, 2.75) is 32.5 Å². The average molecular weight is 591 g/mol. The monoisotopic (exact) mass is 590 g/mol. The maximum atomic E-state index is 13.0. The van der Waals surface area contributed by atoms with Crippen molar-refractivity contribution in [3.63, 3.8) is 0 Å². The van der Waals surface area contributed by atoms with E-state index in [1.807, 2.05) is 54.9 Å². The van der Waals surface area contributed by atoms with E-state index in [2.05, 4.69) is 37.3 Å². The zero-order chi connectivity index (χ0) is 30.6. The van der Waals surface area contributed by atoms with E-state index in [1.54, 1.807) is 47.4 Å². The summed E-state index contributed by atoms with van der Waals surface area (Å²) in [7, 11) is 0. The number of aromatic nitrogens is 8. The first kappa shape index (κ1) is 28.4. The number of fused-ring (bicyclic) bond motifs is 1. The summed E-state index contributed by atoms with van der Waals surface area (Å²) >= 11 is 0. The van der Waals surface area contributed by atoms with Crippen LogP contribution in [0.2, 0.25) is 0 Å². The number of benzene rings is 1. The van der Waals surface area contributed by atoms with Gasteiger partial charge in [0.05, 0.1) is 24.6 Å². The third kappa shape index (κ3) is 5.55. The average Bonchev–Trinajstić information content (AvgIpc) is 3.64. The number of aliphatic hydroxyl groups excluding tert-OH is 1. The molecular formula is C31H30N10O3. The third-order valence-electron chi connectivity index (χ3n) is 6.88. The zero-order valence-electron chi connectivity index (χ0n) is 24.1. The maximum Gasteiger partial charge on any atom is 0.276 e. The van der Waals surface area contributed by atoms with Crippen LogP contribution in [0.4, 0.5) is 17.6 Å². The summed E-state index contributed by atoms with van der Waals surface area (Å²) in [4.78, 5) is 35.8. The van der Waals surface area contributed by atoms with E-state index < -0.39 is 6.04 Å². The molecule has 0 unspecified atom stereocenters. The summed E-state index contributed by atoms with van der Waals surface area (Å²) in [5.41, 5.74) is 2.23. The molecule has 6 aromatic rings. The van der Waals surface area contributed by atoms with Crippen LogP contribution in [0, 0.1) is 0 Å². The van der Waals surface area contributed by atoms with E-state index in [0.29, 0.717) is 46.3 Å². The lowest BCUT2D eigenvalue weighted by atomic mass is 10.1. The second-order valence-electron chi connectivity index (χ2n) is 10.2. The number of allylic oxidation sites excluding steroid dienone is 1. The fourth-order valence-corrected chi connectivity index (χ4v) is 4.87. The highest BCUT2D eigenvalue weighted by Gasteiger charge is 2.21. The van der Waals surface area contributed by atoms with Gasteiger partial charge in [-0.1, -0.05) is 47.6 Å². The number of anilines is 3. The van der Waals surface area contributed by atoms with Crippen molar-refractivity contribution >= 4 is 28.6 Å². The van der Waals surface area contributed by atoms with Gasteiger partial charge in [0.25, 0.3) is 11.4 Å². The van der Waals surface area contributed by atoms with Crippen LogP contribution < -0.4 is 16.2 Å². The summed E-state index contributed by atoms with van der Waals surface area (Å²) in [6.45, 7) is 7.91. The number of aliphatic hydroxyl groups is 1. The van der Waals surface area contributed by atoms with Gasteiger partial charge in [-0.05, 0) is 43.7 Å². The SMILES string of the molecule is C=CCn1c(=O)c2ccc(Nc3ncc(-c4nc(-c5ccccn5)no4)c(N[C@H](CO)c4ccccc4)n3)nc2n1C(C)C. The summed E-state index contributed by atoms with van der Waals surface area (Å²) < 4.78 is 9.05. The van der Waals surface area contributed by atoms with Gasteiger partial charge in [0.15, 0.2) is 5.65 Å². The van der Waals surface area contributed by atoms with E-state index in [9.17, 15) is 9.90 Å². The molecule has 0 aliphatic heterocycles. The van der Waals surface area contributed by atoms with Crippen molar-refractivity contribution in [3.05, 3.63) is 102 Å². The Hall–Kier alpha value is -5.69. The lowest BCUT2D eigenvalue weighted by Crippen LogP contribution is -2.23. The standard InChI is InChI=1S/C31H30N10O3/c1-4-16-40-30(43)21-13-14-25(35-28(21)41(40)19(2)3)36-31-33-17-22(29-37-27(39-44-29)23-12-8-9-15-32-23)26(38-31)34-24(18-42)20-10-6-5-7-11-20/h4-15,17,19,24,42H,1,16,18H2,2-3H3,(H2,33,34,35,36,38)/t24-/m1/s1. The van der Waals surface area contributed by atoms with Gasteiger partial charge in [-0.15, -0.1) is 6.58 Å². The van der Waals surface area contributed by atoms with Crippen LogP contribution in [0.25, 0.3) is 34.0 Å². The van der Waals surface area contributed by atoms with Crippen molar-refractivity contribution in [1.82, 2.24) is 39.4 Å². The lowest BCUT2D eigenvalue weighted by molar-refractivity contribution is 0.276. The Morgan fingerprint density at radius 1 is 1.02 bits per heavy atom. The third-order valence-corrected chi connectivity index (χ3v) is 6.88. The Labute approximate surface area is 252 Å². The summed E-state index contributed by atoms with van der Waals surface area (Å²) in [6, 6.07) is 17.8. The maximum absolute atomic E-state index is 13.0. The largest absolute Gasteiger partial charge is 0.394 e. The summed E-state index contributed by atoms with van der Waals surface area (Å²) in [6.07, 6.45) is 4.88. The van der Waals surface area contributed by atoms with Crippen LogP contribution in [-0.4, -0.2) is 51.2 Å². The fraction of sp³-hybridized carbons (Fsp3) is 0.194. The molecule has 5 heterocycles. The van der Waals surface area contributed by atoms with Gasteiger partial charge < -0.3 is 20.3 Å². The number of nitrogens with one attached hydrogen (secondary N) is 2. The molecule has 13 heteroatoms. The normalized spacial score (nSPS) is 12.0. The molecule has 5 aromatic heterocycles. The molecule has 13 nitrogen and oxygen atoms in total. The molecule has 0 bridgehead atoms. The van der Waals surface area contributed by atoms with Crippen LogP contribution in [0.15, 0.2) is 95.0 Å². The summed E-state index contributed by atoms with van der Waals surface area (Å²) in [5.74, 6) is 1.50. The van der Waals surface area contributed by atoms with E-state index in [-0.39, 0.29) is 30.0 Å². The fourth-order valence-electron chi connectivity index (χ4n) is 4.87. The number of hydrogen-bond donors (Lipinski definition) is 3. The van der Waals surface area contributed by atoms with Crippen LogP contribution >= 0.6 is 0 Å². The van der Waals surface area contributed by atoms with Crippen molar-refractivity contribution in [3.8, 4) is 23.0 Å². The molecule has 44 heavy (non-hydrogen) atoms. The molecule has 222 valence electrons.